The standard InChI is InChI=1S/C13H17NO3/c15-12(8-4-5-9-13(16)14-17)10-11-6-2-1-3-7-11/h1-3,6-7,17H,4-5,8-10H2,(H,14,16). The smallest absolute Gasteiger partial charge is 0.243 e. The van der Waals surface area contributed by atoms with Crippen LogP contribution in [0.1, 0.15) is 31.2 Å². The number of carbonyl (C=O) groups is 2. The summed E-state index contributed by atoms with van der Waals surface area (Å²) in [5.74, 6) is -0.221. The Morgan fingerprint density at radius 3 is 2.35 bits per heavy atom. The lowest BCUT2D eigenvalue weighted by Crippen LogP contribution is -2.17. The van der Waals surface area contributed by atoms with E-state index in [1.807, 2.05) is 30.3 Å². The first kappa shape index (κ1) is 13.4. The van der Waals surface area contributed by atoms with E-state index < -0.39 is 5.91 Å². The van der Waals surface area contributed by atoms with E-state index >= 15 is 0 Å². The van der Waals surface area contributed by atoms with Crippen molar-refractivity contribution in [1.29, 1.82) is 0 Å². The van der Waals surface area contributed by atoms with Crippen LogP contribution < -0.4 is 5.48 Å². The van der Waals surface area contributed by atoms with Crippen molar-refractivity contribution in [2.45, 2.75) is 32.1 Å². The first-order chi connectivity index (χ1) is 8.22. The predicted molar refractivity (Wildman–Crippen MR) is 63.6 cm³/mol. The van der Waals surface area contributed by atoms with Gasteiger partial charge in [0, 0.05) is 19.3 Å². The molecule has 0 saturated carbocycles. The number of hydrogen-bond donors (Lipinski definition) is 2. The maximum absolute atomic E-state index is 11.6. The molecule has 0 aliphatic rings. The summed E-state index contributed by atoms with van der Waals surface area (Å²) in [7, 11) is 0. The van der Waals surface area contributed by atoms with Crippen LogP contribution in [-0.2, 0) is 16.0 Å². The van der Waals surface area contributed by atoms with Crippen LogP contribution in [0, 0.1) is 0 Å². The molecule has 1 amide bonds. The molecule has 4 heteroatoms. The molecule has 4 nitrogen and oxygen atoms in total. The van der Waals surface area contributed by atoms with Gasteiger partial charge in [0.2, 0.25) is 5.91 Å². The van der Waals surface area contributed by atoms with Gasteiger partial charge in [-0.1, -0.05) is 30.3 Å². The Kier molecular flexibility index (Phi) is 5.96. The molecular weight excluding hydrogens is 218 g/mol. The fraction of sp³-hybridized carbons (Fsp3) is 0.385. The van der Waals surface area contributed by atoms with Crippen molar-refractivity contribution in [3.63, 3.8) is 0 Å². The molecule has 0 unspecified atom stereocenters. The van der Waals surface area contributed by atoms with Gasteiger partial charge >= 0.3 is 0 Å². The molecule has 92 valence electrons. The predicted octanol–water partition coefficient (Wildman–Crippen LogP) is 1.86. The Morgan fingerprint density at radius 1 is 1.06 bits per heavy atom. The zero-order valence-corrected chi connectivity index (χ0v) is 9.69. The lowest BCUT2D eigenvalue weighted by Gasteiger charge is -2.01. The maximum Gasteiger partial charge on any atom is 0.243 e. The zero-order chi connectivity index (χ0) is 12.5. The number of rotatable bonds is 7. The van der Waals surface area contributed by atoms with Crippen LogP contribution in [0.25, 0.3) is 0 Å². The molecule has 0 aromatic heterocycles. The molecule has 0 spiro atoms. The third-order valence-electron chi connectivity index (χ3n) is 2.48. The largest absolute Gasteiger partial charge is 0.299 e. The van der Waals surface area contributed by atoms with Crippen LogP contribution in [0.4, 0.5) is 0 Å². The van der Waals surface area contributed by atoms with Crippen molar-refractivity contribution >= 4 is 11.7 Å². The van der Waals surface area contributed by atoms with Crippen LogP contribution in [0.5, 0.6) is 0 Å². The zero-order valence-electron chi connectivity index (χ0n) is 9.69. The van der Waals surface area contributed by atoms with Crippen molar-refractivity contribution in [1.82, 2.24) is 5.48 Å². The van der Waals surface area contributed by atoms with Gasteiger partial charge in [0.15, 0.2) is 0 Å². The minimum atomic E-state index is -0.402. The van der Waals surface area contributed by atoms with Gasteiger partial charge in [0.25, 0.3) is 0 Å². The molecule has 0 saturated heterocycles. The SMILES string of the molecule is O=C(CCCCC(=O)NO)Cc1ccccc1. The fourth-order valence-electron chi connectivity index (χ4n) is 1.58. The van der Waals surface area contributed by atoms with Crippen LogP contribution in [0.15, 0.2) is 30.3 Å². The second-order valence-electron chi connectivity index (χ2n) is 3.94. The lowest BCUT2D eigenvalue weighted by molar-refractivity contribution is -0.129. The fourth-order valence-corrected chi connectivity index (χ4v) is 1.58. The summed E-state index contributed by atoms with van der Waals surface area (Å²) in [6.07, 6.45) is 2.49. The summed E-state index contributed by atoms with van der Waals surface area (Å²) in [5, 5.41) is 8.27. The number of nitrogens with one attached hydrogen (secondary N) is 1. The number of hydrogen-bond acceptors (Lipinski definition) is 3. The van der Waals surface area contributed by atoms with E-state index in [9.17, 15) is 9.59 Å². The minimum Gasteiger partial charge on any atom is -0.299 e. The van der Waals surface area contributed by atoms with Crippen LogP contribution in [-0.4, -0.2) is 16.9 Å². The molecule has 1 aromatic carbocycles. The van der Waals surface area contributed by atoms with E-state index in [1.165, 1.54) is 0 Å². The second kappa shape index (κ2) is 7.57. The number of carbonyl (C=O) groups excluding carboxylic acids is 2. The molecule has 0 bridgehead atoms. The first-order valence-electron chi connectivity index (χ1n) is 5.71. The molecule has 0 aliphatic carbocycles. The van der Waals surface area contributed by atoms with Crippen LogP contribution in [0.3, 0.4) is 0 Å². The van der Waals surface area contributed by atoms with Crippen molar-refractivity contribution in [3.05, 3.63) is 35.9 Å². The Labute approximate surface area is 101 Å². The summed E-state index contributed by atoms with van der Waals surface area (Å²) in [6.45, 7) is 0. The Morgan fingerprint density at radius 2 is 1.71 bits per heavy atom. The average Bonchev–Trinajstić information content (AvgIpc) is 2.35. The van der Waals surface area contributed by atoms with Crippen molar-refractivity contribution in [3.8, 4) is 0 Å². The van der Waals surface area contributed by atoms with E-state index in [4.69, 9.17) is 5.21 Å². The van der Waals surface area contributed by atoms with Gasteiger partial charge in [-0.2, -0.15) is 0 Å². The van der Waals surface area contributed by atoms with Crippen molar-refractivity contribution in [2.75, 3.05) is 0 Å². The number of unbranched alkanes of at least 4 members (excludes halogenated alkanes) is 1. The summed E-state index contributed by atoms with van der Waals surface area (Å²) in [4.78, 5) is 22.3. The molecule has 0 radical (unpaired) electrons. The summed E-state index contributed by atoms with van der Waals surface area (Å²) in [6, 6.07) is 9.60. The number of hydroxylamine groups is 1. The molecule has 2 N–H and O–H groups in total. The number of benzene rings is 1. The summed E-state index contributed by atoms with van der Waals surface area (Å²) in [5.41, 5.74) is 2.59. The van der Waals surface area contributed by atoms with Crippen LogP contribution >= 0.6 is 0 Å². The maximum atomic E-state index is 11.6. The monoisotopic (exact) mass is 235 g/mol. The second-order valence-corrected chi connectivity index (χ2v) is 3.94. The normalized spacial score (nSPS) is 9.94. The number of amides is 1. The van der Waals surface area contributed by atoms with Gasteiger partial charge in [0.05, 0.1) is 0 Å². The molecular formula is C13H17NO3. The van der Waals surface area contributed by atoms with E-state index in [2.05, 4.69) is 0 Å². The van der Waals surface area contributed by atoms with E-state index in [1.54, 1.807) is 5.48 Å². The van der Waals surface area contributed by atoms with E-state index in [-0.39, 0.29) is 12.2 Å². The van der Waals surface area contributed by atoms with E-state index in [0.717, 1.165) is 5.56 Å². The molecule has 0 fully saturated rings. The van der Waals surface area contributed by atoms with Gasteiger partial charge in [-0.25, -0.2) is 5.48 Å². The highest BCUT2D eigenvalue weighted by atomic mass is 16.5. The Hall–Kier alpha value is -1.68. The quantitative estimate of drug-likeness (QED) is 0.430. The van der Waals surface area contributed by atoms with E-state index in [0.29, 0.717) is 25.7 Å². The molecule has 1 aromatic rings. The molecule has 0 heterocycles. The highest BCUT2D eigenvalue weighted by molar-refractivity contribution is 5.80. The van der Waals surface area contributed by atoms with Crippen molar-refractivity contribution < 1.29 is 14.8 Å². The third-order valence-corrected chi connectivity index (χ3v) is 2.48. The number of ketones is 1. The van der Waals surface area contributed by atoms with Gasteiger partial charge < -0.3 is 0 Å². The molecule has 0 atom stereocenters. The average molecular weight is 235 g/mol. The van der Waals surface area contributed by atoms with Gasteiger partial charge in [-0.05, 0) is 18.4 Å². The minimum absolute atomic E-state index is 0.181. The molecule has 0 aliphatic heterocycles. The molecule has 17 heavy (non-hydrogen) atoms. The lowest BCUT2D eigenvalue weighted by atomic mass is 10.0. The van der Waals surface area contributed by atoms with Crippen LogP contribution in [0.2, 0.25) is 0 Å². The highest BCUT2D eigenvalue weighted by Crippen LogP contribution is 2.06. The van der Waals surface area contributed by atoms with Gasteiger partial charge in [0.1, 0.15) is 5.78 Å². The topological polar surface area (TPSA) is 66.4 Å². The number of Topliss-reactive ketones (excluding diaryl/α,β-unsaturated/α-hetero) is 1. The van der Waals surface area contributed by atoms with Gasteiger partial charge in [-0.15, -0.1) is 0 Å². The Balaban J connectivity index is 2.16. The summed E-state index contributed by atoms with van der Waals surface area (Å²) < 4.78 is 0. The Bertz CT molecular complexity index is 362. The third kappa shape index (κ3) is 5.82. The molecule has 1 rings (SSSR count). The first-order valence-corrected chi connectivity index (χ1v) is 5.71. The van der Waals surface area contributed by atoms with Crippen molar-refractivity contribution in [2.24, 2.45) is 0 Å². The van der Waals surface area contributed by atoms with Gasteiger partial charge in [-0.3, -0.25) is 14.8 Å². The summed E-state index contributed by atoms with van der Waals surface area (Å²) >= 11 is 0. The highest BCUT2D eigenvalue weighted by Gasteiger charge is 2.04.